The molecule has 0 aromatic heterocycles. The molecule has 3 fully saturated rings. The van der Waals surface area contributed by atoms with Crippen molar-refractivity contribution in [3.8, 4) is 0 Å². The van der Waals surface area contributed by atoms with Gasteiger partial charge in [-0.25, -0.2) is 4.79 Å². The Hall–Kier alpha value is -2.55. The highest BCUT2D eigenvalue weighted by atomic mass is 16.8. The standard InChI is InChI=1S/C28H33NO6/c1-4-31-22(30)16-15-21-23(29(21)17-19-11-7-5-8-12-19)24-25(32-18-20-13-9-6-10-14-20)26-27(33-24)35-28(2,3)34-26/h5-16,21,23-27H,4,17-18H2,1-3H3/b16-15+/t21-,23+,24-,25+,26-,27-,29?/m1/s1. The Bertz CT molecular complexity index is 1030. The molecular formula is C28H33NO6. The molecule has 3 aliphatic rings. The van der Waals surface area contributed by atoms with Crippen molar-refractivity contribution in [2.75, 3.05) is 6.61 Å². The summed E-state index contributed by atoms with van der Waals surface area (Å²) in [5, 5.41) is 0. The van der Waals surface area contributed by atoms with Gasteiger partial charge in [0.05, 0.1) is 19.3 Å². The van der Waals surface area contributed by atoms with E-state index >= 15 is 0 Å². The fourth-order valence-electron chi connectivity index (χ4n) is 5.03. The third-order valence-electron chi connectivity index (χ3n) is 6.60. The van der Waals surface area contributed by atoms with Crippen LogP contribution in [0.4, 0.5) is 0 Å². The lowest BCUT2D eigenvalue weighted by molar-refractivity contribution is -0.220. The van der Waals surface area contributed by atoms with Crippen LogP contribution in [0.3, 0.4) is 0 Å². The number of carbonyl (C=O) groups is 1. The molecule has 0 amide bonds. The molecule has 7 nitrogen and oxygen atoms in total. The second kappa shape index (κ2) is 10.2. The molecule has 7 atom stereocenters. The van der Waals surface area contributed by atoms with E-state index in [1.807, 2.05) is 68.5 Å². The van der Waals surface area contributed by atoms with Crippen molar-refractivity contribution in [2.45, 2.75) is 76.4 Å². The molecule has 1 unspecified atom stereocenters. The molecule has 0 spiro atoms. The minimum absolute atomic E-state index is 0.0132. The number of carbonyl (C=O) groups excluding carboxylic acids is 1. The monoisotopic (exact) mass is 479 g/mol. The normalized spacial score (nSPS) is 33.1. The highest BCUT2D eigenvalue weighted by Crippen LogP contribution is 2.46. The summed E-state index contributed by atoms with van der Waals surface area (Å²) >= 11 is 0. The van der Waals surface area contributed by atoms with Gasteiger partial charge >= 0.3 is 5.97 Å². The van der Waals surface area contributed by atoms with Crippen molar-refractivity contribution < 1.29 is 28.5 Å². The molecule has 186 valence electrons. The molecule has 0 radical (unpaired) electrons. The van der Waals surface area contributed by atoms with Gasteiger partial charge < -0.3 is 23.7 Å². The lowest BCUT2D eigenvalue weighted by Crippen LogP contribution is -2.40. The summed E-state index contributed by atoms with van der Waals surface area (Å²) in [5.41, 5.74) is 2.28. The molecule has 0 aliphatic carbocycles. The Morgan fingerprint density at radius 3 is 2.37 bits per heavy atom. The van der Waals surface area contributed by atoms with Crippen LogP contribution in [0, 0.1) is 0 Å². The Balaban J connectivity index is 1.36. The molecule has 5 rings (SSSR count). The Morgan fingerprint density at radius 2 is 1.69 bits per heavy atom. The third-order valence-corrected chi connectivity index (χ3v) is 6.60. The molecular weight excluding hydrogens is 446 g/mol. The minimum atomic E-state index is -0.731. The van der Waals surface area contributed by atoms with Crippen LogP contribution in [-0.4, -0.2) is 59.9 Å². The zero-order chi connectivity index (χ0) is 24.4. The van der Waals surface area contributed by atoms with Gasteiger partial charge in [0.1, 0.15) is 18.3 Å². The summed E-state index contributed by atoms with van der Waals surface area (Å²) < 4.78 is 30.2. The van der Waals surface area contributed by atoms with Crippen LogP contribution < -0.4 is 0 Å². The Kier molecular flexibility index (Phi) is 7.05. The van der Waals surface area contributed by atoms with Gasteiger partial charge in [0.25, 0.3) is 0 Å². The van der Waals surface area contributed by atoms with Gasteiger partial charge in [-0.2, -0.15) is 0 Å². The fourth-order valence-corrected chi connectivity index (χ4v) is 5.03. The van der Waals surface area contributed by atoms with Crippen molar-refractivity contribution in [3.05, 3.63) is 83.9 Å². The smallest absolute Gasteiger partial charge is 0.330 e. The third kappa shape index (κ3) is 5.50. The summed E-state index contributed by atoms with van der Waals surface area (Å²) in [6.07, 6.45) is 2.01. The van der Waals surface area contributed by atoms with E-state index in [1.54, 1.807) is 6.92 Å². The largest absolute Gasteiger partial charge is 0.463 e. The second-order valence-electron chi connectivity index (χ2n) is 9.58. The summed E-state index contributed by atoms with van der Waals surface area (Å²) in [6, 6.07) is 20.4. The maximum absolute atomic E-state index is 12.0. The van der Waals surface area contributed by atoms with Gasteiger partial charge in [-0.1, -0.05) is 66.7 Å². The van der Waals surface area contributed by atoms with E-state index in [2.05, 4.69) is 17.0 Å². The molecule has 0 saturated carbocycles. The first kappa shape index (κ1) is 24.2. The van der Waals surface area contributed by atoms with Crippen LogP contribution in [0.1, 0.15) is 31.9 Å². The van der Waals surface area contributed by atoms with E-state index in [0.717, 1.165) is 12.1 Å². The van der Waals surface area contributed by atoms with E-state index in [0.29, 0.717) is 13.2 Å². The topological polar surface area (TPSA) is 66.2 Å². The molecule has 2 aromatic carbocycles. The van der Waals surface area contributed by atoms with Gasteiger partial charge in [0.15, 0.2) is 12.1 Å². The summed E-state index contributed by atoms with van der Waals surface area (Å²) in [4.78, 5) is 14.3. The van der Waals surface area contributed by atoms with Crippen LogP contribution in [0.5, 0.6) is 0 Å². The van der Waals surface area contributed by atoms with Crippen LogP contribution in [0.25, 0.3) is 0 Å². The maximum Gasteiger partial charge on any atom is 0.330 e. The first-order valence-corrected chi connectivity index (χ1v) is 12.3. The molecule has 0 N–H and O–H groups in total. The van der Waals surface area contributed by atoms with Gasteiger partial charge in [0, 0.05) is 18.7 Å². The number of esters is 1. The predicted molar refractivity (Wildman–Crippen MR) is 129 cm³/mol. The zero-order valence-electron chi connectivity index (χ0n) is 20.4. The number of benzene rings is 2. The van der Waals surface area contributed by atoms with Gasteiger partial charge in [0.2, 0.25) is 0 Å². The lowest BCUT2D eigenvalue weighted by Gasteiger charge is -2.26. The molecule has 3 heterocycles. The average Bonchev–Trinajstić information content (AvgIpc) is 3.28. The molecule has 35 heavy (non-hydrogen) atoms. The number of rotatable bonds is 9. The van der Waals surface area contributed by atoms with E-state index in [-0.39, 0.29) is 36.4 Å². The molecule has 3 saturated heterocycles. The van der Waals surface area contributed by atoms with E-state index in [1.165, 1.54) is 11.6 Å². The Labute approximate surface area is 206 Å². The van der Waals surface area contributed by atoms with Crippen molar-refractivity contribution in [2.24, 2.45) is 0 Å². The van der Waals surface area contributed by atoms with Crippen LogP contribution in [0.2, 0.25) is 0 Å². The van der Waals surface area contributed by atoms with Gasteiger partial charge in [-0.3, -0.25) is 4.90 Å². The van der Waals surface area contributed by atoms with E-state index in [4.69, 9.17) is 23.7 Å². The quantitative estimate of drug-likeness (QED) is 0.308. The first-order valence-electron chi connectivity index (χ1n) is 12.3. The molecule has 7 heteroatoms. The average molecular weight is 480 g/mol. The molecule has 2 aromatic rings. The summed E-state index contributed by atoms with van der Waals surface area (Å²) in [5.74, 6) is -1.07. The molecule has 3 aliphatic heterocycles. The van der Waals surface area contributed by atoms with Gasteiger partial charge in [-0.15, -0.1) is 0 Å². The summed E-state index contributed by atoms with van der Waals surface area (Å²) in [7, 11) is 0. The number of hydrogen-bond acceptors (Lipinski definition) is 7. The lowest BCUT2D eigenvalue weighted by atomic mass is 10.1. The van der Waals surface area contributed by atoms with Crippen molar-refractivity contribution in [3.63, 3.8) is 0 Å². The number of ether oxygens (including phenoxy) is 5. The maximum atomic E-state index is 12.0. The molecule has 0 bridgehead atoms. The van der Waals surface area contributed by atoms with Crippen molar-refractivity contribution in [1.82, 2.24) is 4.90 Å². The first-order chi connectivity index (χ1) is 16.9. The highest BCUT2D eigenvalue weighted by molar-refractivity contribution is 5.82. The van der Waals surface area contributed by atoms with Crippen molar-refractivity contribution in [1.29, 1.82) is 0 Å². The minimum Gasteiger partial charge on any atom is -0.463 e. The van der Waals surface area contributed by atoms with Crippen molar-refractivity contribution >= 4 is 5.97 Å². The number of hydrogen-bond donors (Lipinski definition) is 0. The van der Waals surface area contributed by atoms with Crippen LogP contribution in [0.15, 0.2) is 72.8 Å². The fraction of sp³-hybridized carbons (Fsp3) is 0.464. The van der Waals surface area contributed by atoms with Gasteiger partial charge in [-0.05, 0) is 31.9 Å². The summed E-state index contributed by atoms with van der Waals surface area (Å²) in [6.45, 7) is 7.11. The number of nitrogens with zero attached hydrogens (tertiary/aromatic N) is 1. The van der Waals surface area contributed by atoms with E-state index < -0.39 is 12.1 Å². The predicted octanol–water partition coefficient (Wildman–Crippen LogP) is 3.82. The SMILES string of the molecule is CCOC(=O)/C=C/[C@@H]1[C@@H]([C@H]2O[C@@H]3OC(C)(C)O[C@@H]3[C@H]2OCc2ccccc2)N1Cc1ccccc1. The van der Waals surface area contributed by atoms with Crippen LogP contribution >= 0.6 is 0 Å². The van der Waals surface area contributed by atoms with E-state index in [9.17, 15) is 4.79 Å². The second-order valence-corrected chi connectivity index (χ2v) is 9.58. The highest BCUT2D eigenvalue weighted by Gasteiger charge is 2.63. The zero-order valence-corrected chi connectivity index (χ0v) is 20.4. The number of fused-ring (bicyclic) bond motifs is 1. The van der Waals surface area contributed by atoms with Crippen LogP contribution in [-0.2, 0) is 41.6 Å². The Morgan fingerprint density at radius 1 is 1.00 bits per heavy atom.